The lowest BCUT2D eigenvalue weighted by molar-refractivity contribution is 0.301. The molecule has 2 saturated carbocycles. The lowest BCUT2D eigenvalue weighted by Crippen LogP contribution is -2.37. The molecular weight excluding hydrogens is 350 g/mol. The van der Waals surface area contributed by atoms with Gasteiger partial charge in [-0.3, -0.25) is 0 Å². The molecule has 1 aromatic rings. The Labute approximate surface area is 168 Å². The van der Waals surface area contributed by atoms with Crippen LogP contribution in [0.4, 0.5) is 5.69 Å². The van der Waals surface area contributed by atoms with Gasteiger partial charge in [0.2, 0.25) is 0 Å². The molecule has 27 heavy (non-hydrogen) atoms. The summed E-state index contributed by atoms with van der Waals surface area (Å²) in [5.74, 6) is 0. The van der Waals surface area contributed by atoms with Gasteiger partial charge in [-0.15, -0.1) is 0 Å². The van der Waals surface area contributed by atoms with Gasteiger partial charge in [-0.25, -0.2) is 4.99 Å². The van der Waals surface area contributed by atoms with Crippen LogP contribution in [0.1, 0.15) is 83.3 Å². The third-order valence-electron chi connectivity index (χ3n) is 6.44. The van der Waals surface area contributed by atoms with Gasteiger partial charge in [-0.05, 0) is 54.9 Å². The first-order valence-corrected chi connectivity index (χ1v) is 11.3. The van der Waals surface area contributed by atoms with Gasteiger partial charge in [0.05, 0.1) is 17.3 Å². The highest BCUT2D eigenvalue weighted by atomic mass is 32.2. The van der Waals surface area contributed by atoms with E-state index in [0.29, 0.717) is 10.8 Å². The van der Waals surface area contributed by atoms with Gasteiger partial charge in [-0.1, -0.05) is 58.2 Å². The molecule has 1 aromatic carbocycles. The van der Waals surface area contributed by atoms with E-state index in [0.717, 1.165) is 11.3 Å². The van der Waals surface area contributed by atoms with Gasteiger partial charge < -0.3 is 4.90 Å². The van der Waals surface area contributed by atoms with Crippen LogP contribution in [0, 0.1) is 11.3 Å². The molecule has 1 spiro atoms. The number of aliphatic imine (C=N–C) groups is 1. The van der Waals surface area contributed by atoms with Gasteiger partial charge in [0, 0.05) is 17.3 Å². The number of nitrogens with zero attached hydrogens (tertiary/aromatic N) is 3. The van der Waals surface area contributed by atoms with Crippen molar-refractivity contribution in [2.24, 2.45) is 4.99 Å². The van der Waals surface area contributed by atoms with Gasteiger partial charge in [0.15, 0.2) is 5.17 Å². The van der Waals surface area contributed by atoms with Crippen molar-refractivity contribution in [3.05, 3.63) is 29.3 Å². The van der Waals surface area contributed by atoms with Crippen LogP contribution in [0.2, 0.25) is 0 Å². The zero-order chi connectivity index (χ0) is 19.1. The summed E-state index contributed by atoms with van der Waals surface area (Å²) in [4.78, 5) is 7.89. The zero-order valence-corrected chi connectivity index (χ0v) is 17.7. The Morgan fingerprint density at radius 1 is 1.15 bits per heavy atom. The number of amidine groups is 1. The Bertz CT molecular complexity index is 772. The van der Waals surface area contributed by atoms with E-state index in [2.05, 4.69) is 49.6 Å². The van der Waals surface area contributed by atoms with Crippen LogP contribution in [-0.2, 0) is 5.41 Å². The van der Waals surface area contributed by atoms with Crippen LogP contribution >= 0.6 is 11.8 Å². The summed E-state index contributed by atoms with van der Waals surface area (Å²) in [7, 11) is 0. The van der Waals surface area contributed by atoms with E-state index >= 15 is 0 Å². The molecule has 2 aliphatic carbocycles. The monoisotopic (exact) mass is 381 g/mol. The molecule has 0 N–H and O–H groups in total. The minimum Gasteiger partial charge on any atom is -0.347 e. The maximum Gasteiger partial charge on any atom is 0.165 e. The van der Waals surface area contributed by atoms with Gasteiger partial charge in [-0.2, -0.15) is 5.26 Å². The van der Waals surface area contributed by atoms with Crippen LogP contribution in [0.5, 0.6) is 0 Å². The number of thioether (sulfide) groups is 1. The van der Waals surface area contributed by atoms with Crippen molar-refractivity contribution in [2.75, 3.05) is 6.54 Å². The highest BCUT2D eigenvalue weighted by Crippen LogP contribution is 2.50. The Morgan fingerprint density at radius 3 is 2.48 bits per heavy atom. The fourth-order valence-electron chi connectivity index (χ4n) is 4.94. The Morgan fingerprint density at radius 2 is 1.85 bits per heavy atom. The molecule has 0 aromatic heterocycles. The summed E-state index contributed by atoms with van der Waals surface area (Å²) in [5, 5.41) is 10.6. The van der Waals surface area contributed by atoms with Gasteiger partial charge in [0.1, 0.15) is 0 Å². The zero-order valence-electron chi connectivity index (χ0n) is 16.9. The summed E-state index contributed by atoms with van der Waals surface area (Å²) in [5.41, 5.74) is 2.91. The van der Waals surface area contributed by atoms with E-state index in [-0.39, 0.29) is 5.41 Å². The first-order valence-electron chi connectivity index (χ1n) is 10.5. The lowest BCUT2D eigenvalue weighted by atomic mass is 9.85. The quantitative estimate of drug-likeness (QED) is 0.617. The van der Waals surface area contributed by atoms with E-state index in [1.54, 1.807) is 0 Å². The molecule has 0 radical (unpaired) electrons. The maximum atomic E-state index is 9.33. The maximum absolute atomic E-state index is 9.33. The number of benzene rings is 1. The van der Waals surface area contributed by atoms with Crippen molar-refractivity contribution in [1.82, 2.24) is 4.90 Å². The molecule has 4 rings (SSSR count). The van der Waals surface area contributed by atoms with Crippen LogP contribution in [0.15, 0.2) is 23.2 Å². The molecule has 0 bridgehead atoms. The Kier molecular flexibility index (Phi) is 5.01. The molecule has 0 unspecified atom stereocenters. The Balaban J connectivity index is 1.73. The van der Waals surface area contributed by atoms with Gasteiger partial charge in [0.25, 0.3) is 0 Å². The molecule has 4 heteroatoms. The summed E-state index contributed by atoms with van der Waals surface area (Å²) < 4.78 is 0.399. The van der Waals surface area contributed by atoms with Crippen LogP contribution in [0.3, 0.4) is 0 Å². The minimum atomic E-state index is -0.0290. The molecule has 1 saturated heterocycles. The number of nitriles is 1. The summed E-state index contributed by atoms with van der Waals surface area (Å²) in [6.45, 7) is 7.81. The minimum absolute atomic E-state index is 0.0290. The molecular formula is C23H31N3S. The summed E-state index contributed by atoms with van der Waals surface area (Å²) in [6.07, 6.45) is 10.7. The Hall–Kier alpha value is -1.47. The van der Waals surface area contributed by atoms with E-state index in [1.165, 1.54) is 68.6 Å². The largest absolute Gasteiger partial charge is 0.347 e. The fourth-order valence-corrected chi connectivity index (χ4v) is 6.50. The normalized spacial score (nSPS) is 24.2. The average Bonchev–Trinajstić information content (AvgIpc) is 3.37. The lowest BCUT2D eigenvalue weighted by Gasteiger charge is -2.28. The topological polar surface area (TPSA) is 39.4 Å². The second-order valence-corrected chi connectivity index (χ2v) is 11.0. The first-order chi connectivity index (χ1) is 12.9. The predicted octanol–water partition coefficient (Wildman–Crippen LogP) is 6.15. The molecule has 3 nitrogen and oxygen atoms in total. The molecule has 0 amide bonds. The second-order valence-electron chi connectivity index (χ2n) is 9.55. The number of hydrogen-bond acceptors (Lipinski definition) is 3. The average molecular weight is 382 g/mol. The van der Waals surface area contributed by atoms with Crippen molar-refractivity contribution >= 4 is 22.6 Å². The van der Waals surface area contributed by atoms with Crippen molar-refractivity contribution in [3.8, 4) is 6.07 Å². The molecule has 0 atom stereocenters. The standard InChI is InChI=1S/C23H31N3S/c1-22(2,3)19-14-17(15-24)10-11-20(19)25-21-26(18-8-4-5-9-18)16-23(27-21)12-6-7-13-23/h10-11,14,18H,4-9,12-13,16H2,1-3H3. The van der Waals surface area contributed by atoms with Crippen LogP contribution in [0.25, 0.3) is 0 Å². The van der Waals surface area contributed by atoms with E-state index in [1.807, 2.05) is 12.1 Å². The highest BCUT2D eigenvalue weighted by Gasteiger charge is 2.46. The third kappa shape index (κ3) is 3.76. The van der Waals surface area contributed by atoms with E-state index in [9.17, 15) is 5.26 Å². The van der Waals surface area contributed by atoms with Crippen LogP contribution < -0.4 is 0 Å². The molecule has 1 aliphatic heterocycles. The second kappa shape index (κ2) is 7.17. The van der Waals surface area contributed by atoms with Crippen molar-refractivity contribution in [2.45, 2.75) is 88.3 Å². The predicted molar refractivity (Wildman–Crippen MR) is 115 cm³/mol. The van der Waals surface area contributed by atoms with Gasteiger partial charge >= 0.3 is 0 Å². The fraction of sp³-hybridized carbons (Fsp3) is 0.652. The molecule has 3 aliphatic rings. The molecule has 144 valence electrons. The van der Waals surface area contributed by atoms with E-state index in [4.69, 9.17) is 4.99 Å². The first kappa shape index (κ1) is 18.9. The number of rotatable bonds is 2. The molecule has 1 heterocycles. The molecule has 3 fully saturated rings. The van der Waals surface area contributed by atoms with E-state index < -0.39 is 0 Å². The van der Waals surface area contributed by atoms with Crippen molar-refractivity contribution in [3.63, 3.8) is 0 Å². The number of hydrogen-bond donors (Lipinski definition) is 0. The smallest absolute Gasteiger partial charge is 0.165 e. The summed E-state index contributed by atoms with van der Waals surface area (Å²) in [6, 6.07) is 8.97. The third-order valence-corrected chi connectivity index (χ3v) is 7.92. The van der Waals surface area contributed by atoms with Crippen molar-refractivity contribution < 1.29 is 0 Å². The van der Waals surface area contributed by atoms with Crippen LogP contribution in [-0.4, -0.2) is 27.4 Å². The SMILES string of the molecule is CC(C)(C)c1cc(C#N)ccc1N=C1SC2(CCCC2)CN1C1CCCC1. The van der Waals surface area contributed by atoms with Crippen molar-refractivity contribution in [1.29, 1.82) is 5.26 Å². The highest BCUT2D eigenvalue weighted by molar-refractivity contribution is 8.15. The summed E-state index contributed by atoms with van der Waals surface area (Å²) >= 11 is 2.05.